The van der Waals surface area contributed by atoms with E-state index in [9.17, 15) is 18.0 Å². The number of thiophene rings is 1. The molecule has 4 rings (SSSR count). The Kier molecular flexibility index (Phi) is 5.04. The molecule has 1 aliphatic rings. The van der Waals surface area contributed by atoms with Crippen LogP contribution >= 0.6 is 11.3 Å². The molecule has 0 saturated heterocycles. The Balaban J connectivity index is 1.47. The first-order valence-electron chi connectivity index (χ1n) is 9.36. The molecule has 2 aromatic heterocycles. The van der Waals surface area contributed by atoms with E-state index >= 15 is 0 Å². The maximum atomic E-state index is 12.5. The lowest BCUT2D eigenvalue weighted by Gasteiger charge is -2.26. The van der Waals surface area contributed by atoms with Gasteiger partial charge < -0.3 is 10.3 Å². The molecule has 0 aliphatic carbocycles. The van der Waals surface area contributed by atoms with E-state index in [2.05, 4.69) is 15.3 Å². The van der Waals surface area contributed by atoms with E-state index in [1.54, 1.807) is 24.3 Å². The van der Waals surface area contributed by atoms with Crippen LogP contribution in [0, 0.1) is 13.8 Å². The van der Waals surface area contributed by atoms with Crippen molar-refractivity contribution >= 4 is 37.3 Å². The van der Waals surface area contributed by atoms with Gasteiger partial charge in [0.1, 0.15) is 10.7 Å². The van der Waals surface area contributed by atoms with E-state index in [1.807, 2.05) is 13.8 Å². The molecule has 0 fully saturated rings. The number of nitrogens with one attached hydrogen (secondary N) is 2. The smallest absolute Gasteiger partial charge is 0.259 e. The molecule has 7 nitrogen and oxygen atoms in total. The van der Waals surface area contributed by atoms with Crippen LogP contribution in [0.25, 0.3) is 10.2 Å². The molecule has 0 saturated carbocycles. The molecule has 152 valence electrons. The number of rotatable bonds is 4. The highest BCUT2D eigenvalue weighted by molar-refractivity contribution is 7.91. The van der Waals surface area contributed by atoms with Crippen molar-refractivity contribution in [1.82, 2.24) is 15.3 Å². The summed E-state index contributed by atoms with van der Waals surface area (Å²) in [5.41, 5.74) is 1.39. The Morgan fingerprint density at radius 3 is 2.86 bits per heavy atom. The van der Waals surface area contributed by atoms with Crippen LogP contribution < -0.4 is 10.9 Å². The number of carbonyl (C=O) groups excluding carboxylic acids is 1. The summed E-state index contributed by atoms with van der Waals surface area (Å²) in [6.45, 7) is 3.86. The molecule has 3 aromatic rings. The average molecular weight is 432 g/mol. The van der Waals surface area contributed by atoms with Crippen LogP contribution in [-0.2, 0) is 21.1 Å². The van der Waals surface area contributed by atoms with Crippen molar-refractivity contribution in [3.8, 4) is 0 Å². The first kappa shape index (κ1) is 19.8. The van der Waals surface area contributed by atoms with E-state index in [1.165, 1.54) is 11.3 Å². The summed E-state index contributed by atoms with van der Waals surface area (Å²) < 4.78 is 24.5. The van der Waals surface area contributed by atoms with Gasteiger partial charge in [-0.05, 0) is 37.5 Å². The van der Waals surface area contributed by atoms with Gasteiger partial charge in [0.25, 0.3) is 5.56 Å². The Morgan fingerprint density at radius 1 is 1.31 bits per heavy atom. The number of fused-ring (bicyclic) bond motifs is 2. The third-order valence-corrected chi connectivity index (χ3v) is 8.23. The maximum absolute atomic E-state index is 12.5. The molecule has 1 unspecified atom stereocenters. The molecule has 9 heteroatoms. The number of aryl methyl sites for hydroxylation is 3. The largest absolute Gasteiger partial charge is 0.349 e. The van der Waals surface area contributed by atoms with Crippen LogP contribution in [0.1, 0.15) is 40.7 Å². The Hall–Kier alpha value is -2.52. The van der Waals surface area contributed by atoms with Crippen LogP contribution in [0.2, 0.25) is 0 Å². The number of nitrogens with zero attached hydrogens (tertiary/aromatic N) is 1. The summed E-state index contributed by atoms with van der Waals surface area (Å²) in [5, 5.41) is 3.54. The van der Waals surface area contributed by atoms with Gasteiger partial charge in [0.15, 0.2) is 9.84 Å². The fourth-order valence-electron chi connectivity index (χ4n) is 3.66. The quantitative estimate of drug-likeness (QED) is 0.660. The van der Waals surface area contributed by atoms with Crippen LogP contribution in [0.15, 0.2) is 34.0 Å². The minimum Gasteiger partial charge on any atom is -0.349 e. The predicted molar refractivity (Wildman–Crippen MR) is 112 cm³/mol. The Morgan fingerprint density at radius 2 is 2.07 bits per heavy atom. The van der Waals surface area contributed by atoms with E-state index in [-0.39, 0.29) is 34.6 Å². The fraction of sp³-hybridized carbons (Fsp3) is 0.350. The number of benzene rings is 1. The van der Waals surface area contributed by atoms with Crippen molar-refractivity contribution in [1.29, 1.82) is 0 Å². The number of hydrogen-bond donors (Lipinski definition) is 2. The van der Waals surface area contributed by atoms with Gasteiger partial charge in [-0.1, -0.05) is 18.2 Å². The van der Waals surface area contributed by atoms with E-state index in [0.29, 0.717) is 34.4 Å². The van der Waals surface area contributed by atoms with Crippen LogP contribution in [0.5, 0.6) is 0 Å². The van der Waals surface area contributed by atoms with Gasteiger partial charge in [-0.15, -0.1) is 11.3 Å². The van der Waals surface area contributed by atoms with Crippen LogP contribution in [-0.4, -0.2) is 30.0 Å². The van der Waals surface area contributed by atoms with Crippen molar-refractivity contribution in [2.75, 3.05) is 5.75 Å². The lowest BCUT2D eigenvalue weighted by atomic mass is 10.0. The number of amides is 1. The summed E-state index contributed by atoms with van der Waals surface area (Å²) >= 11 is 1.47. The zero-order valence-electron chi connectivity index (χ0n) is 16.1. The molecule has 0 radical (unpaired) electrons. The number of H-pyrrole nitrogens is 1. The zero-order valence-corrected chi connectivity index (χ0v) is 17.7. The molecule has 29 heavy (non-hydrogen) atoms. The lowest BCUT2D eigenvalue weighted by Crippen LogP contribution is -2.34. The number of sulfone groups is 1. The monoisotopic (exact) mass is 431 g/mol. The van der Waals surface area contributed by atoms with Crippen molar-refractivity contribution in [2.45, 2.75) is 44.0 Å². The topological polar surface area (TPSA) is 109 Å². The van der Waals surface area contributed by atoms with Crippen molar-refractivity contribution in [3.05, 3.63) is 56.4 Å². The molecule has 0 bridgehead atoms. The third-order valence-electron chi connectivity index (χ3n) is 5.32. The molecule has 2 N–H and O–H groups in total. The standard InChI is InChI=1S/C20H21N3O4S2/c1-11-12(2)28-20-18(11)19(25)22-16(23-20)7-8-17(24)21-14-9-10-29(26,27)15-6-4-3-5-13(14)15/h3-6,14H,7-10H2,1-2H3,(H,21,24)(H,22,23,25). The molecular formula is C20H21N3O4S2. The lowest BCUT2D eigenvalue weighted by molar-refractivity contribution is -0.121. The van der Waals surface area contributed by atoms with E-state index < -0.39 is 9.84 Å². The minimum absolute atomic E-state index is 0.0115. The fourth-order valence-corrected chi connectivity index (χ4v) is 6.33. The van der Waals surface area contributed by atoms with Gasteiger partial charge in [-0.3, -0.25) is 9.59 Å². The van der Waals surface area contributed by atoms with Gasteiger partial charge in [0, 0.05) is 17.7 Å². The van der Waals surface area contributed by atoms with Crippen LogP contribution in [0.3, 0.4) is 0 Å². The second kappa shape index (κ2) is 7.38. The Bertz CT molecular complexity index is 1270. The van der Waals surface area contributed by atoms with Crippen molar-refractivity contribution in [3.63, 3.8) is 0 Å². The molecular weight excluding hydrogens is 410 g/mol. The molecule has 1 aliphatic heterocycles. The third kappa shape index (κ3) is 3.72. The second-order valence-electron chi connectivity index (χ2n) is 7.24. The number of hydrogen-bond acceptors (Lipinski definition) is 6. The van der Waals surface area contributed by atoms with Crippen LogP contribution in [0.4, 0.5) is 0 Å². The zero-order chi connectivity index (χ0) is 20.8. The summed E-state index contributed by atoms with van der Waals surface area (Å²) in [4.78, 5) is 34.1. The highest BCUT2D eigenvalue weighted by atomic mass is 32.2. The van der Waals surface area contributed by atoms with Crippen molar-refractivity contribution < 1.29 is 13.2 Å². The first-order chi connectivity index (χ1) is 13.8. The number of aromatic nitrogens is 2. The molecule has 1 amide bonds. The summed E-state index contributed by atoms with van der Waals surface area (Å²) in [6, 6.07) is 6.45. The number of aromatic amines is 1. The first-order valence-corrected chi connectivity index (χ1v) is 11.8. The highest BCUT2D eigenvalue weighted by Gasteiger charge is 2.30. The second-order valence-corrected chi connectivity index (χ2v) is 10.5. The van der Waals surface area contributed by atoms with Gasteiger partial charge in [0.05, 0.1) is 22.1 Å². The van der Waals surface area contributed by atoms with Gasteiger partial charge in [-0.2, -0.15) is 0 Å². The SMILES string of the molecule is Cc1sc2nc(CCC(=O)NC3CCS(=O)(=O)c4ccccc43)[nH]c(=O)c2c1C. The molecule has 3 heterocycles. The average Bonchev–Trinajstić information content (AvgIpc) is 2.97. The van der Waals surface area contributed by atoms with Gasteiger partial charge in [0.2, 0.25) is 5.91 Å². The van der Waals surface area contributed by atoms with Gasteiger partial charge >= 0.3 is 0 Å². The summed E-state index contributed by atoms with van der Waals surface area (Å²) in [5.74, 6) is 0.285. The number of carbonyl (C=O) groups is 1. The minimum atomic E-state index is -3.29. The van der Waals surface area contributed by atoms with Gasteiger partial charge in [-0.25, -0.2) is 13.4 Å². The van der Waals surface area contributed by atoms with E-state index in [0.717, 1.165) is 10.4 Å². The van der Waals surface area contributed by atoms with Crippen molar-refractivity contribution in [2.24, 2.45) is 0 Å². The highest BCUT2D eigenvalue weighted by Crippen LogP contribution is 2.32. The normalized spacial score (nSPS) is 17.8. The molecule has 1 aromatic carbocycles. The molecule has 0 spiro atoms. The van der Waals surface area contributed by atoms with E-state index in [4.69, 9.17) is 0 Å². The predicted octanol–water partition coefficient (Wildman–Crippen LogP) is 2.57. The summed E-state index contributed by atoms with van der Waals surface area (Å²) in [7, 11) is -3.29. The Labute approximate surface area is 172 Å². The maximum Gasteiger partial charge on any atom is 0.259 e. The molecule has 1 atom stereocenters. The summed E-state index contributed by atoms with van der Waals surface area (Å²) in [6.07, 6.45) is 0.808.